The number of carbonyl (C=O) groups excluding carboxylic acids is 1. The van der Waals surface area contributed by atoms with Gasteiger partial charge in [-0.3, -0.25) is 4.79 Å². The number of carbonyl (C=O) groups is 1. The van der Waals surface area contributed by atoms with Gasteiger partial charge in [0.2, 0.25) is 0 Å². The van der Waals surface area contributed by atoms with Gasteiger partial charge in [0.1, 0.15) is 5.82 Å². The Morgan fingerprint density at radius 3 is 2.59 bits per heavy atom. The van der Waals surface area contributed by atoms with Gasteiger partial charge < -0.3 is 5.73 Å². The predicted octanol–water partition coefficient (Wildman–Crippen LogP) is 2.84. The molecule has 1 aromatic rings. The van der Waals surface area contributed by atoms with Crippen LogP contribution in [0.1, 0.15) is 41.6 Å². The van der Waals surface area contributed by atoms with Crippen LogP contribution < -0.4 is 5.73 Å². The zero-order valence-corrected chi connectivity index (χ0v) is 10.1. The van der Waals surface area contributed by atoms with Crippen LogP contribution in [0.3, 0.4) is 0 Å². The molecule has 1 saturated carbocycles. The van der Waals surface area contributed by atoms with Crippen molar-refractivity contribution in [2.75, 3.05) is 6.54 Å². The van der Waals surface area contributed by atoms with E-state index in [0.717, 1.165) is 24.8 Å². The molecule has 2 N–H and O–H groups in total. The van der Waals surface area contributed by atoms with Gasteiger partial charge in [0.15, 0.2) is 5.78 Å². The second kappa shape index (κ2) is 4.57. The molecule has 1 fully saturated rings. The Labute approximate surface area is 101 Å². The summed E-state index contributed by atoms with van der Waals surface area (Å²) in [6, 6.07) is 4.49. The Kier molecular flexibility index (Phi) is 3.29. The first kappa shape index (κ1) is 12.2. The molecule has 0 spiro atoms. The molecule has 0 amide bonds. The van der Waals surface area contributed by atoms with Crippen molar-refractivity contribution in [3.05, 3.63) is 35.1 Å². The molecule has 1 aliphatic carbocycles. The number of halogens is 1. The van der Waals surface area contributed by atoms with Crippen LogP contribution >= 0.6 is 0 Å². The van der Waals surface area contributed by atoms with Crippen molar-refractivity contribution in [1.82, 2.24) is 0 Å². The van der Waals surface area contributed by atoms with Crippen molar-refractivity contribution in [3.8, 4) is 0 Å². The van der Waals surface area contributed by atoms with Crippen LogP contribution in [0.15, 0.2) is 18.2 Å². The summed E-state index contributed by atoms with van der Waals surface area (Å²) in [7, 11) is 0. The summed E-state index contributed by atoms with van der Waals surface area (Å²) < 4.78 is 13.2. The van der Waals surface area contributed by atoms with Crippen LogP contribution in [-0.2, 0) is 0 Å². The lowest BCUT2D eigenvalue weighted by atomic mass is 9.65. The molecule has 1 aliphatic rings. The fraction of sp³-hybridized carbons (Fsp3) is 0.500. The minimum atomic E-state index is -0.344. The molecule has 0 aliphatic heterocycles. The van der Waals surface area contributed by atoms with Crippen molar-refractivity contribution in [3.63, 3.8) is 0 Å². The van der Waals surface area contributed by atoms with Crippen LogP contribution in [0.4, 0.5) is 4.39 Å². The monoisotopic (exact) mass is 235 g/mol. The van der Waals surface area contributed by atoms with Crippen LogP contribution in [-0.4, -0.2) is 12.3 Å². The molecule has 2 nitrogen and oxygen atoms in total. The molecule has 0 aromatic heterocycles. The first-order valence-electron chi connectivity index (χ1n) is 6.05. The zero-order chi connectivity index (χ0) is 12.5. The summed E-state index contributed by atoms with van der Waals surface area (Å²) >= 11 is 0. The summed E-state index contributed by atoms with van der Waals surface area (Å²) in [4.78, 5) is 12.1. The van der Waals surface area contributed by atoms with E-state index in [-0.39, 0.29) is 17.0 Å². The highest BCUT2D eigenvalue weighted by atomic mass is 19.1. The average Bonchev–Trinajstić information content (AvgIpc) is 2.21. The van der Waals surface area contributed by atoms with E-state index >= 15 is 0 Å². The van der Waals surface area contributed by atoms with Crippen molar-refractivity contribution in [2.24, 2.45) is 11.1 Å². The number of benzene rings is 1. The molecule has 17 heavy (non-hydrogen) atoms. The van der Waals surface area contributed by atoms with Gasteiger partial charge in [-0.25, -0.2) is 4.39 Å². The van der Waals surface area contributed by atoms with E-state index in [4.69, 9.17) is 5.73 Å². The smallest absolute Gasteiger partial charge is 0.163 e. The van der Waals surface area contributed by atoms with Crippen LogP contribution in [0.5, 0.6) is 0 Å². The normalized spacial score (nSPS) is 17.6. The number of ketones is 1. The fourth-order valence-electron chi connectivity index (χ4n) is 2.47. The number of rotatable bonds is 4. The highest BCUT2D eigenvalue weighted by Gasteiger charge is 2.37. The van der Waals surface area contributed by atoms with Crippen LogP contribution in [0, 0.1) is 18.2 Å². The van der Waals surface area contributed by atoms with Gasteiger partial charge in [-0.1, -0.05) is 6.42 Å². The minimum Gasteiger partial charge on any atom is -0.330 e. The third-order valence-corrected chi connectivity index (χ3v) is 3.75. The second-order valence-corrected chi connectivity index (χ2v) is 5.17. The van der Waals surface area contributed by atoms with E-state index in [1.807, 2.05) is 0 Å². The number of aryl methyl sites for hydroxylation is 1. The van der Waals surface area contributed by atoms with Gasteiger partial charge in [0, 0.05) is 12.0 Å². The summed E-state index contributed by atoms with van der Waals surface area (Å²) in [5.41, 5.74) is 6.97. The standard InChI is InChI=1S/C14H18FNO/c1-10-5-11(7-12(15)6-10)13(17)8-14(9-16)3-2-4-14/h5-7H,2-4,8-9,16H2,1H3. The van der Waals surface area contributed by atoms with E-state index in [1.54, 1.807) is 13.0 Å². The molecule has 0 atom stereocenters. The molecule has 0 radical (unpaired) electrons. The van der Waals surface area contributed by atoms with E-state index < -0.39 is 0 Å². The first-order chi connectivity index (χ1) is 8.04. The maximum absolute atomic E-state index is 13.2. The molecule has 0 heterocycles. The lowest BCUT2D eigenvalue weighted by Crippen LogP contribution is -2.39. The molecule has 0 unspecified atom stereocenters. The second-order valence-electron chi connectivity index (χ2n) is 5.17. The Balaban J connectivity index is 2.14. The summed E-state index contributed by atoms with van der Waals surface area (Å²) in [6.07, 6.45) is 3.63. The molecule has 0 saturated heterocycles. The average molecular weight is 235 g/mol. The molecule has 0 bridgehead atoms. The van der Waals surface area contributed by atoms with Gasteiger partial charge in [-0.15, -0.1) is 0 Å². The van der Waals surface area contributed by atoms with Crippen molar-refractivity contribution in [1.29, 1.82) is 0 Å². The van der Waals surface area contributed by atoms with Gasteiger partial charge in [-0.2, -0.15) is 0 Å². The summed E-state index contributed by atoms with van der Waals surface area (Å²) in [5.74, 6) is -0.332. The predicted molar refractivity (Wildman–Crippen MR) is 65.4 cm³/mol. The topological polar surface area (TPSA) is 43.1 Å². The third kappa shape index (κ3) is 2.55. The largest absolute Gasteiger partial charge is 0.330 e. The molecule has 3 heteroatoms. The lowest BCUT2D eigenvalue weighted by molar-refractivity contribution is 0.0785. The zero-order valence-electron chi connectivity index (χ0n) is 10.1. The highest BCUT2D eigenvalue weighted by Crippen LogP contribution is 2.43. The lowest BCUT2D eigenvalue weighted by Gasteiger charge is -2.40. The molecule has 1 aromatic carbocycles. The third-order valence-electron chi connectivity index (χ3n) is 3.75. The molecule has 2 rings (SSSR count). The van der Waals surface area contributed by atoms with E-state index in [2.05, 4.69) is 0 Å². The number of hydrogen-bond donors (Lipinski definition) is 1. The summed E-state index contributed by atoms with van der Waals surface area (Å²) in [5, 5.41) is 0. The molecular formula is C14H18FNO. The maximum atomic E-state index is 13.2. The van der Waals surface area contributed by atoms with Gasteiger partial charge >= 0.3 is 0 Å². The maximum Gasteiger partial charge on any atom is 0.163 e. The number of hydrogen-bond acceptors (Lipinski definition) is 2. The van der Waals surface area contributed by atoms with E-state index in [0.29, 0.717) is 18.5 Å². The fourth-order valence-corrected chi connectivity index (χ4v) is 2.47. The Morgan fingerprint density at radius 2 is 2.12 bits per heavy atom. The van der Waals surface area contributed by atoms with E-state index in [1.165, 1.54) is 12.1 Å². The Morgan fingerprint density at radius 1 is 1.41 bits per heavy atom. The van der Waals surface area contributed by atoms with Crippen LogP contribution in [0.25, 0.3) is 0 Å². The van der Waals surface area contributed by atoms with Gasteiger partial charge in [0.25, 0.3) is 0 Å². The molecular weight excluding hydrogens is 217 g/mol. The Hall–Kier alpha value is -1.22. The highest BCUT2D eigenvalue weighted by molar-refractivity contribution is 5.96. The van der Waals surface area contributed by atoms with Crippen molar-refractivity contribution < 1.29 is 9.18 Å². The number of Topliss-reactive ketones (excluding diaryl/α,β-unsaturated/α-hetero) is 1. The van der Waals surface area contributed by atoms with Crippen LogP contribution in [0.2, 0.25) is 0 Å². The first-order valence-corrected chi connectivity index (χ1v) is 6.05. The van der Waals surface area contributed by atoms with Gasteiger partial charge in [0.05, 0.1) is 0 Å². The number of nitrogens with two attached hydrogens (primary N) is 1. The summed E-state index contributed by atoms with van der Waals surface area (Å²) in [6.45, 7) is 2.34. The SMILES string of the molecule is Cc1cc(F)cc(C(=O)CC2(CN)CCC2)c1. The molecule has 92 valence electrons. The van der Waals surface area contributed by atoms with Crippen molar-refractivity contribution in [2.45, 2.75) is 32.6 Å². The van der Waals surface area contributed by atoms with E-state index in [9.17, 15) is 9.18 Å². The minimum absolute atomic E-state index is 0.0118. The Bertz CT molecular complexity index is 412. The van der Waals surface area contributed by atoms with Crippen molar-refractivity contribution >= 4 is 5.78 Å². The quantitative estimate of drug-likeness (QED) is 0.815. The van der Waals surface area contributed by atoms with Gasteiger partial charge in [-0.05, 0) is 55.5 Å².